The van der Waals surface area contributed by atoms with Crippen molar-refractivity contribution in [2.75, 3.05) is 41.0 Å². The van der Waals surface area contributed by atoms with E-state index in [0.717, 1.165) is 38.5 Å². The first-order valence-electron chi connectivity index (χ1n) is 24.1. The number of quaternary nitrogens is 1. The third-order valence-corrected chi connectivity index (χ3v) is 11.2. The van der Waals surface area contributed by atoms with Crippen LogP contribution in [-0.4, -0.2) is 75.5 Å². The van der Waals surface area contributed by atoms with E-state index in [0.29, 0.717) is 12.8 Å². The number of carboxylic acid groups (broad SMARTS) is 1. The summed E-state index contributed by atoms with van der Waals surface area (Å²) >= 11 is 0. The van der Waals surface area contributed by atoms with Crippen LogP contribution in [0, 0.1) is 0 Å². The number of hydrogen-bond donors (Lipinski definition) is 0. The van der Waals surface area contributed by atoms with Crippen molar-refractivity contribution >= 4 is 17.9 Å². The van der Waals surface area contributed by atoms with E-state index in [-0.39, 0.29) is 42.7 Å². The highest BCUT2D eigenvalue weighted by atomic mass is 16.6. The fraction of sp³-hybridized carbons (Fsp3) is 0.938. The number of esters is 2. The van der Waals surface area contributed by atoms with Crippen LogP contribution in [0.15, 0.2) is 0 Å². The van der Waals surface area contributed by atoms with E-state index < -0.39 is 18.1 Å². The Morgan fingerprint density at radius 1 is 0.464 bits per heavy atom. The first kappa shape index (κ1) is 54.3. The van der Waals surface area contributed by atoms with Gasteiger partial charge in [-0.1, -0.05) is 206 Å². The molecule has 8 heteroatoms. The molecule has 8 nitrogen and oxygen atoms in total. The zero-order chi connectivity index (χ0) is 41.4. The number of likely N-dealkylation sites (N-methyl/N-ethyl adjacent to an activating group) is 1. The molecule has 0 rings (SSSR count). The zero-order valence-electron chi connectivity index (χ0n) is 37.8. The van der Waals surface area contributed by atoms with Crippen molar-refractivity contribution in [1.29, 1.82) is 0 Å². The fourth-order valence-electron chi connectivity index (χ4n) is 7.49. The molecule has 56 heavy (non-hydrogen) atoms. The maximum Gasteiger partial charge on any atom is 0.306 e. The average Bonchev–Trinajstić information content (AvgIpc) is 3.15. The lowest BCUT2D eigenvalue weighted by Crippen LogP contribution is -2.55. The van der Waals surface area contributed by atoms with Crippen molar-refractivity contribution in [2.45, 2.75) is 251 Å². The molecule has 0 spiro atoms. The summed E-state index contributed by atoms with van der Waals surface area (Å²) in [5.74, 6) is -1.71. The molecule has 0 aromatic carbocycles. The summed E-state index contributed by atoms with van der Waals surface area (Å²) in [5.41, 5.74) is 0. The number of ether oxygens (including phenoxy) is 3. The summed E-state index contributed by atoms with van der Waals surface area (Å²) in [6.45, 7) is 4.71. The average molecular weight is 796 g/mol. The van der Waals surface area contributed by atoms with E-state index in [1.807, 2.05) is 21.1 Å². The standard InChI is InChI=1S/C48H93NO7/c1-6-8-10-12-14-16-18-20-22-23-25-27-29-31-33-35-37-39-47(51)56-44(42-54-41-40-45(48(52)53)49(3,4)5)43-55-46(50)38-36-34-32-30-28-26-24-21-19-17-15-13-11-9-7-2/h44-45H,6-43H2,1-5H3. The van der Waals surface area contributed by atoms with E-state index in [9.17, 15) is 19.5 Å². The van der Waals surface area contributed by atoms with E-state index in [2.05, 4.69) is 13.8 Å². The number of hydrogen-bond acceptors (Lipinski definition) is 7. The first-order valence-corrected chi connectivity index (χ1v) is 24.1. The van der Waals surface area contributed by atoms with Crippen LogP contribution in [0.5, 0.6) is 0 Å². The second kappa shape index (κ2) is 40.1. The summed E-state index contributed by atoms with van der Waals surface area (Å²) in [7, 11) is 5.42. The highest BCUT2D eigenvalue weighted by Gasteiger charge is 2.25. The number of carbonyl (C=O) groups excluding carboxylic acids is 3. The van der Waals surface area contributed by atoms with Crippen molar-refractivity contribution in [3.05, 3.63) is 0 Å². The highest BCUT2D eigenvalue weighted by molar-refractivity contribution is 5.70. The van der Waals surface area contributed by atoms with Gasteiger partial charge in [0, 0.05) is 19.3 Å². The van der Waals surface area contributed by atoms with E-state index in [1.54, 1.807) is 0 Å². The Kier molecular flexibility index (Phi) is 38.9. The molecule has 0 fully saturated rings. The topological polar surface area (TPSA) is 102 Å². The quantitative estimate of drug-likeness (QED) is 0.0344. The van der Waals surface area contributed by atoms with Gasteiger partial charge in [0.05, 0.1) is 40.3 Å². The summed E-state index contributed by atoms with van der Waals surface area (Å²) in [6, 6.07) is -0.719. The van der Waals surface area contributed by atoms with Gasteiger partial charge in [0.15, 0.2) is 6.10 Å². The lowest BCUT2D eigenvalue weighted by atomic mass is 10.0. The minimum Gasteiger partial charge on any atom is -0.544 e. The first-order chi connectivity index (χ1) is 27.1. The molecule has 0 amide bonds. The smallest absolute Gasteiger partial charge is 0.306 e. The molecule has 332 valence electrons. The normalized spacial score (nSPS) is 12.8. The van der Waals surface area contributed by atoms with Crippen molar-refractivity contribution in [3.63, 3.8) is 0 Å². The number of carboxylic acids is 1. The number of carbonyl (C=O) groups is 3. The monoisotopic (exact) mass is 796 g/mol. The zero-order valence-corrected chi connectivity index (χ0v) is 37.8. The predicted octanol–water partition coefficient (Wildman–Crippen LogP) is 12.0. The fourth-order valence-corrected chi connectivity index (χ4v) is 7.49. The van der Waals surface area contributed by atoms with Gasteiger partial charge in [0.25, 0.3) is 0 Å². The van der Waals surface area contributed by atoms with Gasteiger partial charge in [0.1, 0.15) is 12.6 Å². The molecule has 0 saturated heterocycles. The lowest BCUT2D eigenvalue weighted by molar-refractivity contribution is -0.889. The number of nitrogens with zero attached hydrogens (tertiary/aromatic N) is 1. The molecule has 0 aliphatic carbocycles. The van der Waals surface area contributed by atoms with Crippen molar-refractivity contribution < 1.29 is 38.2 Å². The van der Waals surface area contributed by atoms with Gasteiger partial charge in [-0.25, -0.2) is 0 Å². The summed E-state index contributed by atoms with van der Waals surface area (Å²) in [4.78, 5) is 36.9. The van der Waals surface area contributed by atoms with Gasteiger partial charge < -0.3 is 28.6 Å². The molecule has 0 heterocycles. The Bertz CT molecular complexity index is 889. The molecule has 0 aromatic heterocycles. The van der Waals surface area contributed by atoms with Gasteiger partial charge in [-0.15, -0.1) is 0 Å². The van der Waals surface area contributed by atoms with Gasteiger partial charge in [0.2, 0.25) is 0 Å². The SMILES string of the molecule is CCCCCCCCCCCCCCCCCCCC(=O)OC(COCCC(C(=O)[O-])[N+](C)(C)C)COC(=O)CCCCCCCCCCCCCCCCC. The molecule has 0 bridgehead atoms. The number of aliphatic carboxylic acids is 1. The predicted molar refractivity (Wildman–Crippen MR) is 231 cm³/mol. The Morgan fingerprint density at radius 2 is 0.786 bits per heavy atom. The molecule has 2 atom stereocenters. The van der Waals surface area contributed by atoms with Crippen LogP contribution in [0.3, 0.4) is 0 Å². The molecule has 2 unspecified atom stereocenters. The molecule has 0 aromatic rings. The molecule has 0 aliphatic heterocycles. The van der Waals surface area contributed by atoms with Crippen LogP contribution in [0.25, 0.3) is 0 Å². The maximum absolute atomic E-state index is 12.7. The Hall–Kier alpha value is -1.67. The van der Waals surface area contributed by atoms with Gasteiger partial charge >= 0.3 is 11.9 Å². The summed E-state index contributed by atoms with van der Waals surface area (Å²) in [6.07, 6.45) is 41.2. The van der Waals surface area contributed by atoms with Crippen LogP contribution >= 0.6 is 0 Å². The van der Waals surface area contributed by atoms with Crippen LogP contribution < -0.4 is 5.11 Å². The highest BCUT2D eigenvalue weighted by Crippen LogP contribution is 2.17. The second-order valence-corrected chi connectivity index (χ2v) is 17.7. The Labute approximate surface area is 346 Å². The number of rotatable bonds is 44. The Morgan fingerprint density at radius 3 is 1.11 bits per heavy atom. The maximum atomic E-state index is 12.7. The lowest BCUT2D eigenvalue weighted by Gasteiger charge is -2.34. The number of unbranched alkanes of at least 4 members (excludes halogenated alkanes) is 30. The Balaban J connectivity index is 4.24. The van der Waals surface area contributed by atoms with Crippen LogP contribution in [0.4, 0.5) is 0 Å². The third-order valence-electron chi connectivity index (χ3n) is 11.2. The summed E-state index contributed by atoms with van der Waals surface area (Å²) in [5, 5.41) is 11.6. The molecular formula is C48H93NO7. The van der Waals surface area contributed by atoms with E-state index in [4.69, 9.17) is 14.2 Å². The third kappa shape index (κ3) is 37.9. The van der Waals surface area contributed by atoms with Crippen molar-refractivity contribution in [3.8, 4) is 0 Å². The second-order valence-electron chi connectivity index (χ2n) is 17.7. The molecule has 0 aliphatic rings. The minimum atomic E-state index is -1.12. The van der Waals surface area contributed by atoms with Crippen molar-refractivity contribution in [1.82, 2.24) is 0 Å². The minimum absolute atomic E-state index is 0.0495. The van der Waals surface area contributed by atoms with E-state index in [1.165, 1.54) is 167 Å². The largest absolute Gasteiger partial charge is 0.544 e. The van der Waals surface area contributed by atoms with Gasteiger partial charge in [-0.3, -0.25) is 9.59 Å². The molecular weight excluding hydrogens is 703 g/mol. The van der Waals surface area contributed by atoms with Crippen molar-refractivity contribution in [2.24, 2.45) is 0 Å². The van der Waals surface area contributed by atoms with Gasteiger partial charge in [-0.05, 0) is 12.8 Å². The molecule has 0 N–H and O–H groups in total. The van der Waals surface area contributed by atoms with E-state index >= 15 is 0 Å². The molecule has 0 radical (unpaired) electrons. The van der Waals surface area contributed by atoms with Crippen LogP contribution in [0.2, 0.25) is 0 Å². The molecule has 0 saturated carbocycles. The summed E-state index contributed by atoms with van der Waals surface area (Å²) < 4.78 is 17.2. The van der Waals surface area contributed by atoms with Crippen LogP contribution in [-0.2, 0) is 28.6 Å². The van der Waals surface area contributed by atoms with Gasteiger partial charge in [-0.2, -0.15) is 0 Å². The van der Waals surface area contributed by atoms with Crippen LogP contribution in [0.1, 0.15) is 239 Å².